The summed E-state index contributed by atoms with van der Waals surface area (Å²) >= 11 is 1.71. The largest absolute Gasteiger partial charge is 0.343 e. The topological polar surface area (TPSA) is 49.4 Å². The summed E-state index contributed by atoms with van der Waals surface area (Å²) in [5, 5.41) is 2.79. The monoisotopic (exact) mass is 272 g/mol. The van der Waals surface area contributed by atoms with Gasteiger partial charge in [-0.2, -0.15) is 11.8 Å². The van der Waals surface area contributed by atoms with E-state index in [1.807, 2.05) is 6.26 Å². The van der Waals surface area contributed by atoms with Gasteiger partial charge in [-0.25, -0.2) is 0 Å². The standard InChI is InChI=1S/C13H24N2O2S/c1-9(2)6-10-12(17)15(7-11(16)14-10)8-13(3,4)18-5/h9-10H,6-8H2,1-5H3,(H,14,16). The van der Waals surface area contributed by atoms with Crippen molar-refractivity contribution in [2.24, 2.45) is 5.92 Å². The molecule has 1 N–H and O–H groups in total. The number of carbonyl (C=O) groups is 2. The molecular weight excluding hydrogens is 248 g/mol. The minimum atomic E-state index is -0.344. The number of nitrogens with one attached hydrogen (secondary N) is 1. The normalized spacial score (nSPS) is 21.4. The van der Waals surface area contributed by atoms with Gasteiger partial charge in [0.2, 0.25) is 11.8 Å². The maximum Gasteiger partial charge on any atom is 0.245 e. The molecule has 0 aromatic rings. The van der Waals surface area contributed by atoms with Crippen LogP contribution < -0.4 is 5.32 Å². The minimum Gasteiger partial charge on any atom is -0.343 e. The molecule has 0 aromatic heterocycles. The lowest BCUT2D eigenvalue weighted by atomic mass is 10.0. The second-order valence-electron chi connectivity index (χ2n) is 5.91. The fourth-order valence-electron chi connectivity index (χ4n) is 2.06. The molecule has 1 aliphatic heterocycles. The van der Waals surface area contributed by atoms with E-state index in [2.05, 4.69) is 33.0 Å². The van der Waals surface area contributed by atoms with E-state index < -0.39 is 0 Å². The summed E-state index contributed by atoms with van der Waals surface area (Å²) in [6.07, 6.45) is 2.74. The van der Waals surface area contributed by atoms with Crippen LogP contribution in [0.1, 0.15) is 34.1 Å². The Bertz CT molecular complexity index is 329. The summed E-state index contributed by atoms with van der Waals surface area (Å²) in [4.78, 5) is 25.7. The molecule has 0 aromatic carbocycles. The Morgan fingerprint density at radius 1 is 1.44 bits per heavy atom. The van der Waals surface area contributed by atoms with Gasteiger partial charge in [0.05, 0.1) is 6.54 Å². The number of hydrogen-bond donors (Lipinski definition) is 1. The van der Waals surface area contributed by atoms with E-state index in [1.54, 1.807) is 16.7 Å². The van der Waals surface area contributed by atoms with Gasteiger partial charge in [-0.05, 0) is 32.4 Å². The van der Waals surface area contributed by atoms with Crippen LogP contribution in [0.5, 0.6) is 0 Å². The molecule has 1 aliphatic rings. The van der Waals surface area contributed by atoms with Crippen LogP contribution in [0.3, 0.4) is 0 Å². The Labute approximate surface area is 114 Å². The van der Waals surface area contributed by atoms with Crippen LogP contribution in [-0.2, 0) is 9.59 Å². The molecule has 1 atom stereocenters. The van der Waals surface area contributed by atoms with Crippen molar-refractivity contribution in [2.75, 3.05) is 19.3 Å². The molecule has 1 saturated heterocycles. The summed E-state index contributed by atoms with van der Waals surface area (Å²) in [5.74, 6) is 0.412. The highest BCUT2D eigenvalue weighted by molar-refractivity contribution is 7.99. The van der Waals surface area contributed by atoms with Gasteiger partial charge in [0, 0.05) is 11.3 Å². The molecule has 104 valence electrons. The van der Waals surface area contributed by atoms with Crippen LogP contribution >= 0.6 is 11.8 Å². The number of nitrogens with zero attached hydrogens (tertiary/aromatic N) is 1. The molecule has 18 heavy (non-hydrogen) atoms. The Morgan fingerprint density at radius 2 is 2.06 bits per heavy atom. The molecule has 0 aliphatic carbocycles. The molecule has 0 saturated carbocycles. The molecule has 2 amide bonds. The van der Waals surface area contributed by atoms with Crippen molar-refractivity contribution in [3.63, 3.8) is 0 Å². The fraction of sp³-hybridized carbons (Fsp3) is 0.846. The van der Waals surface area contributed by atoms with Gasteiger partial charge < -0.3 is 10.2 Å². The Kier molecular flexibility index (Phi) is 5.08. The van der Waals surface area contributed by atoms with Crippen LogP contribution in [0.4, 0.5) is 0 Å². The average molecular weight is 272 g/mol. The van der Waals surface area contributed by atoms with Gasteiger partial charge in [0.25, 0.3) is 0 Å². The lowest BCUT2D eigenvalue weighted by molar-refractivity contribution is -0.145. The number of carbonyl (C=O) groups excluding carboxylic acids is 2. The summed E-state index contributed by atoms with van der Waals surface area (Å²) in [5.41, 5.74) is 0. The molecule has 1 rings (SSSR count). The number of piperazine rings is 1. The van der Waals surface area contributed by atoms with Crippen LogP contribution in [0.15, 0.2) is 0 Å². The molecule has 0 spiro atoms. The zero-order valence-corrected chi connectivity index (χ0v) is 12.8. The maximum atomic E-state index is 12.3. The van der Waals surface area contributed by atoms with Crippen molar-refractivity contribution in [1.29, 1.82) is 0 Å². The third-order valence-corrected chi connectivity index (χ3v) is 4.35. The average Bonchev–Trinajstić information content (AvgIpc) is 2.23. The van der Waals surface area contributed by atoms with Gasteiger partial charge in [-0.1, -0.05) is 13.8 Å². The summed E-state index contributed by atoms with van der Waals surface area (Å²) in [6.45, 7) is 9.12. The Hall–Kier alpha value is -0.710. The third-order valence-electron chi connectivity index (χ3n) is 3.11. The van der Waals surface area contributed by atoms with Crippen molar-refractivity contribution < 1.29 is 9.59 Å². The zero-order valence-electron chi connectivity index (χ0n) is 11.9. The third kappa shape index (κ3) is 4.19. The van der Waals surface area contributed by atoms with E-state index >= 15 is 0 Å². The number of hydrogen-bond acceptors (Lipinski definition) is 3. The van der Waals surface area contributed by atoms with Gasteiger partial charge >= 0.3 is 0 Å². The first-order chi connectivity index (χ1) is 8.25. The van der Waals surface area contributed by atoms with E-state index in [4.69, 9.17) is 0 Å². The fourth-order valence-corrected chi connectivity index (χ4v) is 2.35. The van der Waals surface area contributed by atoms with Gasteiger partial charge in [-0.3, -0.25) is 9.59 Å². The quantitative estimate of drug-likeness (QED) is 0.825. The first-order valence-electron chi connectivity index (χ1n) is 6.38. The summed E-state index contributed by atoms with van der Waals surface area (Å²) in [7, 11) is 0. The van der Waals surface area contributed by atoms with Crippen LogP contribution in [-0.4, -0.2) is 46.8 Å². The van der Waals surface area contributed by atoms with Crippen molar-refractivity contribution in [3.05, 3.63) is 0 Å². The van der Waals surface area contributed by atoms with E-state index in [-0.39, 0.29) is 29.1 Å². The van der Waals surface area contributed by atoms with Gasteiger partial charge in [0.15, 0.2) is 0 Å². The SMILES string of the molecule is CSC(C)(C)CN1CC(=O)NC(CC(C)C)C1=O. The Balaban J connectivity index is 2.73. The van der Waals surface area contributed by atoms with E-state index in [9.17, 15) is 9.59 Å². The maximum absolute atomic E-state index is 12.3. The lowest BCUT2D eigenvalue weighted by Gasteiger charge is -2.37. The molecule has 5 heteroatoms. The van der Waals surface area contributed by atoms with Gasteiger partial charge in [-0.15, -0.1) is 0 Å². The molecule has 0 bridgehead atoms. The van der Waals surface area contributed by atoms with Gasteiger partial charge in [0.1, 0.15) is 6.04 Å². The first kappa shape index (κ1) is 15.3. The van der Waals surface area contributed by atoms with Crippen LogP contribution in [0, 0.1) is 5.92 Å². The first-order valence-corrected chi connectivity index (χ1v) is 7.61. The Morgan fingerprint density at radius 3 is 2.56 bits per heavy atom. The molecule has 1 fully saturated rings. The zero-order chi connectivity index (χ0) is 13.9. The summed E-state index contributed by atoms with van der Waals surface area (Å²) < 4.78 is -0.0182. The van der Waals surface area contributed by atoms with E-state index in [1.165, 1.54) is 0 Å². The van der Waals surface area contributed by atoms with Crippen LogP contribution in [0.25, 0.3) is 0 Å². The highest BCUT2D eigenvalue weighted by Crippen LogP contribution is 2.24. The van der Waals surface area contributed by atoms with Crippen molar-refractivity contribution in [1.82, 2.24) is 10.2 Å². The number of rotatable bonds is 5. The highest BCUT2D eigenvalue weighted by atomic mass is 32.2. The highest BCUT2D eigenvalue weighted by Gasteiger charge is 2.35. The molecular formula is C13H24N2O2S. The predicted octanol–water partition coefficient (Wildman–Crippen LogP) is 1.50. The molecule has 1 unspecified atom stereocenters. The molecule has 4 nitrogen and oxygen atoms in total. The smallest absolute Gasteiger partial charge is 0.245 e. The van der Waals surface area contributed by atoms with Crippen molar-refractivity contribution >= 4 is 23.6 Å². The second-order valence-corrected chi connectivity index (χ2v) is 7.42. The predicted molar refractivity (Wildman–Crippen MR) is 75.6 cm³/mol. The molecule has 1 heterocycles. The van der Waals surface area contributed by atoms with E-state index in [0.29, 0.717) is 18.9 Å². The summed E-state index contributed by atoms with van der Waals surface area (Å²) in [6, 6.07) is -0.344. The minimum absolute atomic E-state index is 0.0182. The molecule has 0 radical (unpaired) electrons. The number of thioether (sulfide) groups is 1. The van der Waals surface area contributed by atoms with Crippen molar-refractivity contribution in [2.45, 2.75) is 44.9 Å². The number of amides is 2. The van der Waals surface area contributed by atoms with Crippen LogP contribution in [0.2, 0.25) is 0 Å². The second kappa shape index (κ2) is 5.95. The van der Waals surface area contributed by atoms with Crippen molar-refractivity contribution in [3.8, 4) is 0 Å². The van der Waals surface area contributed by atoms with E-state index in [0.717, 1.165) is 0 Å². The lowest BCUT2D eigenvalue weighted by Crippen LogP contribution is -2.60.